The van der Waals surface area contributed by atoms with Crippen molar-refractivity contribution < 1.29 is 14.3 Å². The number of rotatable bonds is 10. The number of amides is 1. The summed E-state index contributed by atoms with van der Waals surface area (Å²) < 4.78 is 11.3. The minimum absolute atomic E-state index is 0.0955. The van der Waals surface area contributed by atoms with Gasteiger partial charge in [-0.2, -0.15) is 0 Å². The van der Waals surface area contributed by atoms with E-state index in [4.69, 9.17) is 9.47 Å². The second-order valence-electron chi connectivity index (χ2n) is 8.41. The summed E-state index contributed by atoms with van der Waals surface area (Å²) in [5.74, 6) is 1.08. The third kappa shape index (κ3) is 6.51. The van der Waals surface area contributed by atoms with Crippen LogP contribution in [0.4, 0.5) is 5.69 Å². The number of carbonyl (C=O) groups excluding carboxylic acids is 1. The van der Waals surface area contributed by atoms with Gasteiger partial charge in [-0.3, -0.25) is 9.69 Å². The molecule has 0 saturated carbocycles. The van der Waals surface area contributed by atoms with Crippen LogP contribution in [0.15, 0.2) is 78.9 Å². The van der Waals surface area contributed by atoms with E-state index in [9.17, 15) is 4.79 Å². The lowest BCUT2D eigenvalue weighted by Gasteiger charge is -2.36. The quantitative estimate of drug-likeness (QED) is 0.460. The van der Waals surface area contributed by atoms with Crippen molar-refractivity contribution in [2.24, 2.45) is 0 Å². The molecule has 0 bridgehead atoms. The van der Waals surface area contributed by atoms with E-state index in [1.54, 1.807) is 25.3 Å². The number of nitrogens with one attached hydrogen (secondary N) is 1. The Hall–Kier alpha value is -3.51. The number of hydrogen-bond donors (Lipinski definition) is 1. The lowest BCUT2D eigenvalue weighted by Crippen LogP contribution is -2.47. The molecule has 0 radical (unpaired) electrons. The Bertz CT molecular complexity index is 1040. The van der Waals surface area contributed by atoms with Gasteiger partial charge in [-0.25, -0.2) is 0 Å². The molecule has 4 rings (SSSR count). The van der Waals surface area contributed by atoms with Gasteiger partial charge in [-0.1, -0.05) is 48.5 Å². The number of benzene rings is 3. The monoisotopic (exact) mass is 459 g/mol. The molecule has 0 unspecified atom stereocenters. The van der Waals surface area contributed by atoms with Crippen LogP contribution in [0.5, 0.6) is 11.5 Å². The normalized spacial score (nSPS) is 14.0. The molecular formula is C28H33N3O3. The third-order valence-electron chi connectivity index (χ3n) is 6.09. The fraction of sp³-hybridized carbons (Fsp3) is 0.321. The topological polar surface area (TPSA) is 54.0 Å². The summed E-state index contributed by atoms with van der Waals surface area (Å²) in [6.07, 6.45) is 0.923. The number of piperazine rings is 1. The van der Waals surface area contributed by atoms with Crippen molar-refractivity contribution in [3.05, 3.63) is 90.0 Å². The fourth-order valence-electron chi connectivity index (χ4n) is 4.14. The SMILES string of the molecule is COc1cc(C(=O)NCCCN2CCN(c3ccccc3)CC2)ccc1OCc1ccccc1. The van der Waals surface area contributed by atoms with Gasteiger partial charge in [0.15, 0.2) is 11.5 Å². The maximum atomic E-state index is 12.6. The molecule has 3 aromatic carbocycles. The van der Waals surface area contributed by atoms with E-state index in [2.05, 4.69) is 45.4 Å². The van der Waals surface area contributed by atoms with E-state index >= 15 is 0 Å². The summed E-state index contributed by atoms with van der Waals surface area (Å²) in [5, 5.41) is 3.03. The van der Waals surface area contributed by atoms with Crippen LogP contribution in [0.25, 0.3) is 0 Å². The summed E-state index contributed by atoms with van der Waals surface area (Å²) in [7, 11) is 1.59. The number of methoxy groups -OCH3 is 1. The molecule has 1 saturated heterocycles. The second kappa shape index (κ2) is 12.1. The Labute approximate surface area is 202 Å². The van der Waals surface area contributed by atoms with Crippen LogP contribution in [-0.4, -0.2) is 57.2 Å². The molecule has 3 aromatic rings. The van der Waals surface area contributed by atoms with Gasteiger partial charge < -0.3 is 19.7 Å². The highest BCUT2D eigenvalue weighted by Crippen LogP contribution is 2.29. The Morgan fingerprint density at radius 1 is 0.882 bits per heavy atom. The number of nitrogens with zero attached hydrogens (tertiary/aromatic N) is 2. The highest BCUT2D eigenvalue weighted by atomic mass is 16.5. The van der Waals surface area contributed by atoms with Crippen molar-refractivity contribution in [3.63, 3.8) is 0 Å². The average Bonchev–Trinajstić information content (AvgIpc) is 2.91. The molecule has 0 aliphatic carbocycles. The lowest BCUT2D eigenvalue weighted by atomic mass is 10.2. The number of para-hydroxylation sites is 1. The summed E-state index contributed by atoms with van der Waals surface area (Å²) in [6.45, 7) is 6.24. The molecule has 6 heteroatoms. The molecule has 1 aliphatic rings. The molecule has 0 spiro atoms. The largest absolute Gasteiger partial charge is 0.493 e. The van der Waals surface area contributed by atoms with Crippen molar-refractivity contribution in [2.45, 2.75) is 13.0 Å². The first-order chi connectivity index (χ1) is 16.7. The zero-order valence-electron chi connectivity index (χ0n) is 19.8. The number of carbonyl (C=O) groups is 1. The van der Waals surface area contributed by atoms with E-state index in [1.807, 2.05) is 30.3 Å². The molecule has 1 aliphatic heterocycles. The summed E-state index contributed by atoms with van der Waals surface area (Å²) in [6, 6.07) is 25.8. The van der Waals surface area contributed by atoms with Crippen molar-refractivity contribution in [1.29, 1.82) is 0 Å². The van der Waals surface area contributed by atoms with Gasteiger partial charge in [0.1, 0.15) is 6.61 Å². The fourth-order valence-corrected chi connectivity index (χ4v) is 4.14. The van der Waals surface area contributed by atoms with E-state index in [0.717, 1.165) is 44.7 Å². The first-order valence-corrected chi connectivity index (χ1v) is 11.9. The Kier molecular flexibility index (Phi) is 8.41. The van der Waals surface area contributed by atoms with Crippen LogP contribution in [0, 0.1) is 0 Å². The molecule has 178 valence electrons. The maximum absolute atomic E-state index is 12.6. The van der Waals surface area contributed by atoms with Crippen molar-refractivity contribution in [3.8, 4) is 11.5 Å². The van der Waals surface area contributed by atoms with E-state index in [1.165, 1.54) is 5.69 Å². The van der Waals surface area contributed by atoms with Gasteiger partial charge >= 0.3 is 0 Å². The molecule has 0 atom stereocenters. The van der Waals surface area contributed by atoms with Gasteiger partial charge in [0.2, 0.25) is 0 Å². The lowest BCUT2D eigenvalue weighted by molar-refractivity contribution is 0.0951. The molecule has 1 heterocycles. The number of hydrogen-bond acceptors (Lipinski definition) is 5. The molecule has 1 fully saturated rings. The summed E-state index contributed by atoms with van der Waals surface area (Å²) in [5.41, 5.74) is 2.94. The van der Waals surface area contributed by atoms with Crippen LogP contribution in [0.1, 0.15) is 22.3 Å². The van der Waals surface area contributed by atoms with Crippen LogP contribution in [-0.2, 0) is 6.61 Å². The second-order valence-corrected chi connectivity index (χ2v) is 8.41. The standard InChI is InChI=1S/C28H33N3O3/c1-33-27-21-24(13-14-26(27)34-22-23-9-4-2-5-10-23)28(32)29-15-8-16-30-17-19-31(20-18-30)25-11-6-3-7-12-25/h2-7,9-14,21H,8,15-20,22H2,1H3,(H,29,32). The molecule has 34 heavy (non-hydrogen) atoms. The van der Waals surface area contributed by atoms with Crippen molar-refractivity contribution in [1.82, 2.24) is 10.2 Å². The van der Waals surface area contributed by atoms with Gasteiger partial charge in [0.05, 0.1) is 7.11 Å². The zero-order valence-corrected chi connectivity index (χ0v) is 19.8. The van der Waals surface area contributed by atoms with Gasteiger partial charge in [0.25, 0.3) is 5.91 Å². The molecular weight excluding hydrogens is 426 g/mol. The van der Waals surface area contributed by atoms with Crippen molar-refractivity contribution in [2.75, 3.05) is 51.3 Å². The zero-order chi connectivity index (χ0) is 23.6. The molecule has 6 nitrogen and oxygen atoms in total. The van der Waals surface area contributed by atoms with Crippen LogP contribution >= 0.6 is 0 Å². The van der Waals surface area contributed by atoms with E-state index in [0.29, 0.717) is 30.2 Å². The minimum atomic E-state index is -0.0955. The number of ether oxygens (including phenoxy) is 2. The predicted octanol–water partition coefficient (Wildman–Crippen LogP) is 4.22. The smallest absolute Gasteiger partial charge is 0.251 e. The van der Waals surface area contributed by atoms with E-state index < -0.39 is 0 Å². The van der Waals surface area contributed by atoms with Crippen molar-refractivity contribution >= 4 is 11.6 Å². The first-order valence-electron chi connectivity index (χ1n) is 11.9. The highest BCUT2D eigenvalue weighted by Gasteiger charge is 2.17. The summed E-state index contributed by atoms with van der Waals surface area (Å²) in [4.78, 5) is 17.5. The van der Waals surface area contributed by atoms with E-state index in [-0.39, 0.29) is 5.91 Å². The van der Waals surface area contributed by atoms with Crippen LogP contribution < -0.4 is 19.7 Å². The molecule has 1 amide bonds. The van der Waals surface area contributed by atoms with Gasteiger partial charge in [-0.15, -0.1) is 0 Å². The third-order valence-corrected chi connectivity index (χ3v) is 6.09. The Morgan fingerprint density at radius 3 is 2.29 bits per heavy atom. The number of anilines is 1. The molecule has 0 aromatic heterocycles. The minimum Gasteiger partial charge on any atom is -0.493 e. The van der Waals surface area contributed by atoms with Gasteiger partial charge in [-0.05, 0) is 48.9 Å². The molecule has 1 N–H and O–H groups in total. The maximum Gasteiger partial charge on any atom is 0.251 e. The Balaban J connectivity index is 1.19. The van der Waals surface area contributed by atoms with Gasteiger partial charge in [0, 0.05) is 44.0 Å². The summed E-state index contributed by atoms with van der Waals surface area (Å²) >= 11 is 0. The average molecular weight is 460 g/mol. The predicted molar refractivity (Wildman–Crippen MR) is 136 cm³/mol. The van der Waals surface area contributed by atoms with Crippen LogP contribution in [0.3, 0.4) is 0 Å². The Morgan fingerprint density at radius 2 is 1.59 bits per heavy atom. The highest BCUT2D eigenvalue weighted by molar-refractivity contribution is 5.94. The van der Waals surface area contributed by atoms with Crippen LogP contribution in [0.2, 0.25) is 0 Å². The first kappa shape index (κ1) is 23.6.